The van der Waals surface area contributed by atoms with Crippen molar-refractivity contribution in [2.24, 2.45) is 0 Å². The molecule has 0 radical (unpaired) electrons. The van der Waals surface area contributed by atoms with Gasteiger partial charge in [0.2, 0.25) is 5.91 Å². The van der Waals surface area contributed by atoms with Crippen molar-refractivity contribution in [1.29, 1.82) is 0 Å². The Morgan fingerprint density at radius 3 is 2.32 bits per heavy atom. The Labute approximate surface area is 156 Å². The molecule has 0 atom stereocenters. The van der Waals surface area contributed by atoms with Crippen LogP contribution in [0.15, 0.2) is 42.5 Å². The van der Waals surface area contributed by atoms with E-state index in [0.717, 1.165) is 0 Å². The van der Waals surface area contributed by atoms with Gasteiger partial charge in [-0.15, -0.1) is 0 Å². The molecule has 2 aromatic carbocycles. The van der Waals surface area contributed by atoms with Gasteiger partial charge in [-0.25, -0.2) is 4.79 Å². The summed E-state index contributed by atoms with van der Waals surface area (Å²) in [5.41, 5.74) is 2.23. The highest BCUT2D eigenvalue weighted by atomic mass is 35.5. The smallest absolute Gasteiger partial charge is 0.319 e. The van der Waals surface area contributed by atoms with E-state index in [1.165, 1.54) is 11.6 Å². The minimum atomic E-state index is -0.468. The van der Waals surface area contributed by atoms with Crippen LogP contribution in [0.2, 0.25) is 10.0 Å². The summed E-state index contributed by atoms with van der Waals surface area (Å²) in [6, 6.07) is 11.8. The van der Waals surface area contributed by atoms with Gasteiger partial charge in [0, 0.05) is 10.7 Å². The Morgan fingerprint density at radius 2 is 1.68 bits per heavy atom. The van der Waals surface area contributed by atoms with Crippen LogP contribution in [0.25, 0.3) is 0 Å². The zero-order valence-corrected chi connectivity index (χ0v) is 15.4. The highest BCUT2D eigenvalue weighted by Crippen LogP contribution is 2.25. The van der Waals surface area contributed by atoms with Crippen LogP contribution >= 0.6 is 23.2 Å². The second-order valence-corrected chi connectivity index (χ2v) is 6.60. The highest BCUT2D eigenvalue weighted by Gasteiger charge is 2.09. The molecule has 0 aliphatic carbocycles. The molecular formula is C18H19Cl2N3O2. The third kappa shape index (κ3) is 5.96. The van der Waals surface area contributed by atoms with Gasteiger partial charge in [-0.05, 0) is 41.8 Å². The van der Waals surface area contributed by atoms with Crippen molar-refractivity contribution < 1.29 is 9.59 Å². The molecule has 5 nitrogen and oxygen atoms in total. The second-order valence-electron chi connectivity index (χ2n) is 5.76. The van der Waals surface area contributed by atoms with E-state index < -0.39 is 11.9 Å². The van der Waals surface area contributed by atoms with Crippen LogP contribution < -0.4 is 16.0 Å². The molecule has 0 heterocycles. The fourth-order valence-electron chi connectivity index (χ4n) is 2.07. The third-order valence-corrected chi connectivity index (χ3v) is 4.01. The van der Waals surface area contributed by atoms with Crippen LogP contribution in [0.3, 0.4) is 0 Å². The number of rotatable bonds is 5. The summed E-state index contributed by atoms with van der Waals surface area (Å²) in [5, 5.41) is 8.57. The van der Waals surface area contributed by atoms with Crippen molar-refractivity contribution in [3.05, 3.63) is 58.1 Å². The minimum absolute atomic E-state index is 0.196. The zero-order valence-electron chi connectivity index (χ0n) is 13.9. The van der Waals surface area contributed by atoms with E-state index in [-0.39, 0.29) is 6.54 Å². The molecule has 25 heavy (non-hydrogen) atoms. The fraction of sp³-hybridized carbons (Fsp3) is 0.222. The molecule has 0 saturated carbocycles. The van der Waals surface area contributed by atoms with E-state index >= 15 is 0 Å². The Hall–Kier alpha value is -2.24. The molecule has 3 amide bonds. The lowest BCUT2D eigenvalue weighted by atomic mass is 10.0. The average molecular weight is 380 g/mol. The van der Waals surface area contributed by atoms with Gasteiger partial charge in [0.25, 0.3) is 0 Å². The van der Waals surface area contributed by atoms with Crippen molar-refractivity contribution >= 4 is 46.5 Å². The standard InChI is InChI=1S/C18H19Cl2N3O2/c1-11(2)12-3-6-14(7-4-12)22-18(25)21-10-17(24)23-16-9-13(19)5-8-15(16)20/h3-9,11H,10H2,1-2H3,(H,23,24)(H2,21,22,25). The number of nitrogens with one attached hydrogen (secondary N) is 3. The number of hydrogen-bond donors (Lipinski definition) is 3. The molecule has 132 valence electrons. The van der Waals surface area contributed by atoms with E-state index in [9.17, 15) is 9.59 Å². The molecule has 0 spiro atoms. The molecule has 2 rings (SSSR count). The van der Waals surface area contributed by atoms with Crippen LogP contribution in [0.5, 0.6) is 0 Å². The summed E-state index contributed by atoms with van der Waals surface area (Å²) in [7, 11) is 0. The van der Waals surface area contributed by atoms with E-state index in [4.69, 9.17) is 23.2 Å². The largest absolute Gasteiger partial charge is 0.329 e. The lowest BCUT2D eigenvalue weighted by molar-refractivity contribution is -0.115. The molecule has 2 aromatic rings. The number of carbonyl (C=O) groups excluding carboxylic acids is 2. The molecule has 0 unspecified atom stereocenters. The molecule has 0 fully saturated rings. The van der Waals surface area contributed by atoms with Crippen LogP contribution in [0.1, 0.15) is 25.3 Å². The molecule has 7 heteroatoms. The second kappa shape index (κ2) is 8.74. The van der Waals surface area contributed by atoms with Gasteiger partial charge in [0.05, 0.1) is 17.3 Å². The number of carbonyl (C=O) groups is 2. The number of urea groups is 1. The monoisotopic (exact) mass is 379 g/mol. The van der Waals surface area contributed by atoms with E-state index in [1.807, 2.05) is 24.3 Å². The zero-order chi connectivity index (χ0) is 18.4. The highest BCUT2D eigenvalue weighted by molar-refractivity contribution is 6.35. The number of hydrogen-bond acceptors (Lipinski definition) is 2. The van der Waals surface area contributed by atoms with Crippen LogP contribution in [0, 0.1) is 0 Å². The molecular weight excluding hydrogens is 361 g/mol. The van der Waals surface area contributed by atoms with Crippen molar-refractivity contribution in [3.63, 3.8) is 0 Å². The minimum Gasteiger partial charge on any atom is -0.329 e. The quantitative estimate of drug-likeness (QED) is 0.692. The lowest BCUT2D eigenvalue weighted by Gasteiger charge is -2.10. The lowest BCUT2D eigenvalue weighted by Crippen LogP contribution is -2.35. The van der Waals surface area contributed by atoms with E-state index in [0.29, 0.717) is 27.3 Å². The topological polar surface area (TPSA) is 70.2 Å². The van der Waals surface area contributed by atoms with Gasteiger partial charge >= 0.3 is 6.03 Å². The first-order valence-electron chi connectivity index (χ1n) is 7.75. The third-order valence-electron chi connectivity index (χ3n) is 3.45. The predicted molar refractivity (Wildman–Crippen MR) is 103 cm³/mol. The van der Waals surface area contributed by atoms with Crippen LogP contribution in [-0.2, 0) is 4.79 Å². The number of amides is 3. The van der Waals surface area contributed by atoms with E-state index in [1.54, 1.807) is 12.1 Å². The maximum Gasteiger partial charge on any atom is 0.319 e. The summed E-state index contributed by atoms with van der Waals surface area (Å²) >= 11 is 11.8. The van der Waals surface area contributed by atoms with Gasteiger partial charge in [-0.3, -0.25) is 4.79 Å². The molecule has 3 N–H and O–H groups in total. The molecule has 0 aromatic heterocycles. The van der Waals surface area contributed by atoms with Gasteiger partial charge < -0.3 is 16.0 Å². The van der Waals surface area contributed by atoms with Crippen molar-refractivity contribution in [3.8, 4) is 0 Å². The summed E-state index contributed by atoms with van der Waals surface area (Å²) in [6.07, 6.45) is 0. The SMILES string of the molecule is CC(C)c1ccc(NC(=O)NCC(=O)Nc2cc(Cl)ccc2Cl)cc1. The van der Waals surface area contributed by atoms with E-state index in [2.05, 4.69) is 29.8 Å². The normalized spacial score (nSPS) is 10.4. The number of anilines is 2. The maximum absolute atomic E-state index is 11.9. The predicted octanol–water partition coefficient (Wildman–Crippen LogP) is 4.88. The first kappa shape index (κ1) is 19.1. The summed E-state index contributed by atoms with van der Waals surface area (Å²) < 4.78 is 0. The Morgan fingerprint density at radius 1 is 1.00 bits per heavy atom. The molecule has 0 saturated heterocycles. The van der Waals surface area contributed by atoms with Crippen LogP contribution in [0.4, 0.5) is 16.2 Å². The first-order valence-corrected chi connectivity index (χ1v) is 8.50. The number of benzene rings is 2. The first-order chi connectivity index (χ1) is 11.8. The molecule has 0 aliphatic rings. The van der Waals surface area contributed by atoms with Crippen molar-refractivity contribution in [1.82, 2.24) is 5.32 Å². The number of halogens is 2. The summed E-state index contributed by atoms with van der Waals surface area (Å²) in [4.78, 5) is 23.8. The van der Waals surface area contributed by atoms with Crippen LogP contribution in [-0.4, -0.2) is 18.5 Å². The van der Waals surface area contributed by atoms with Gasteiger partial charge in [0.1, 0.15) is 0 Å². The summed E-state index contributed by atoms with van der Waals surface area (Å²) in [6.45, 7) is 4.00. The Balaban J connectivity index is 1.83. The Bertz CT molecular complexity index is 761. The molecule has 0 aliphatic heterocycles. The van der Waals surface area contributed by atoms with Crippen molar-refractivity contribution in [2.75, 3.05) is 17.2 Å². The van der Waals surface area contributed by atoms with Gasteiger partial charge in [-0.2, -0.15) is 0 Å². The maximum atomic E-state index is 11.9. The average Bonchev–Trinajstić information content (AvgIpc) is 2.57. The van der Waals surface area contributed by atoms with Crippen molar-refractivity contribution in [2.45, 2.75) is 19.8 Å². The van der Waals surface area contributed by atoms with Gasteiger partial charge in [-0.1, -0.05) is 49.2 Å². The summed E-state index contributed by atoms with van der Waals surface area (Å²) in [5.74, 6) is 0.0133. The van der Waals surface area contributed by atoms with Gasteiger partial charge in [0.15, 0.2) is 0 Å². The molecule has 0 bridgehead atoms. The fourth-order valence-corrected chi connectivity index (χ4v) is 2.41. The Kier molecular flexibility index (Phi) is 6.67.